The van der Waals surface area contributed by atoms with Crippen molar-refractivity contribution in [3.05, 3.63) is 0 Å². The molecule has 0 radical (unpaired) electrons. The lowest BCUT2D eigenvalue weighted by molar-refractivity contribution is -0.160. The minimum absolute atomic E-state index is 0.0108. The molecule has 0 aromatic rings. The number of hydrogen-bond acceptors (Lipinski definition) is 3. The molecular weight excluding hydrogens is 258 g/mol. The Morgan fingerprint density at radius 1 is 1.20 bits per heavy atom. The Labute approximate surface area is 119 Å². The van der Waals surface area contributed by atoms with E-state index in [-0.39, 0.29) is 23.8 Å². The normalized spacial score (nSPS) is 34.1. The summed E-state index contributed by atoms with van der Waals surface area (Å²) in [5.74, 6) is -1.39. The maximum atomic E-state index is 12.1. The maximum absolute atomic E-state index is 12.1. The van der Waals surface area contributed by atoms with Crippen LogP contribution in [-0.4, -0.2) is 33.8 Å². The van der Waals surface area contributed by atoms with Gasteiger partial charge in [-0.15, -0.1) is 0 Å². The molecule has 112 valence electrons. The predicted molar refractivity (Wildman–Crippen MR) is 72.8 cm³/mol. The molecule has 1 aliphatic heterocycles. The summed E-state index contributed by atoms with van der Waals surface area (Å²) in [5, 5.41) is 9.34. The fraction of sp³-hybridized carbons (Fsp3) is 0.800. The van der Waals surface area contributed by atoms with Gasteiger partial charge in [0.05, 0.1) is 5.92 Å². The second-order valence-corrected chi connectivity index (χ2v) is 6.66. The van der Waals surface area contributed by atoms with Crippen LogP contribution >= 0.6 is 0 Å². The smallest absolute Gasteiger partial charge is 0.307 e. The van der Waals surface area contributed by atoms with Gasteiger partial charge in [-0.25, -0.2) is 0 Å². The van der Waals surface area contributed by atoms with Gasteiger partial charge in [0.25, 0.3) is 0 Å². The van der Waals surface area contributed by atoms with Crippen LogP contribution in [0.2, 0.25) is 0 Å². The van der Waals surface area contributed by atoms with Crippen LogP contribution in [0.5, 0.6) is 0 Å². The highest BCUT2D eigenvalue weighted by molar-refractivity contribution is 5.98. The number of likely N-dealkylation sites (tertiary alicyclic amines) is 1. The molecule has 2 aliphatic rings. The molecule has 3 atom stereocenters. The minimum atomic E-state index is -0.781. The van der Waals surface area contributed by atoms with Crippen molar-refractivity contribution in [2.45, 2.75) is 58.9 Å². The van der Waals surface area contributed by atoms with Gasteiger partial charge in [-0.05, 0) is 30.6 Å². The Hall–Kier alpha value is -1.39. The average Bonchev–Trinajstić information content (AvgIpc) is 2.33. The number of carbonyl (C=O) groups excluding carboxylic acids is 2. The van der Waals surface area contributed by atoms with E-state index in [9.17, 15) is 19.5 Å². The van der Waals surface area contributed by atoms with E-state index >= 15 is 0 Å². The van der Waals surface area contributed by atoms with Gasteiger partial charge in [-0.2, -0.15) is 0 Å². The Balaban J connectivity index is 2.25. The molecule has 0 bridgehead atoms. The number of nitrogens with zero attached hydrogens (tertiary/aromatic N) is 1. The fourth-order valence-corrected chi connectivity index (χ4v) is 3.71. The summed E-state index contributed by atoms with van der Waals surface area (Å²) in [6.07, 6.45) is 2.61. The SMILES string of the molecule is CC1C(N2C(=O)CCCC2=O)CCC(C(=O)O)C1(C)C. The van der Waals surface area contributed by atoms with E-state index < -0.39 is 17.3 Å². The number of carboxylic acid groups (broad SMARTS) is 1. The molecule has 0 aromatic carbocycles. The zero-order chi connectivity index (χ0) is 15.1. The molecule has 2 rings (SSSR count). The van der Waals surface area contributed by atoms with Crippen molar-refractivity contribution >= 4 is 17.8 Å². The summed E-state index contributed by atoms with van der Waals surface area (Å²) in [6.45, 7) is 5.83. The summed E-state index contributed by atoms with van der Waals surface area (Å²) in [7, 11) is 0. The number of rotatable bonds is 2. The van der Waals surface area contributed by atoms with Crippen LogP contribution in [0.1, 0.15) is 52.9 Å². The molecule has 1 N–H and O–H groups in total. The second kappa shape index (κ2) is 5.19. The van der Waals surface area contributed by atoms with E-state index in [1.165, 1.54) is 4.90 Å². The Bertz CT molecular complexity index is 427. The van der Waals surface area contributed by atoms with E-state index in [0.717, 1.165) is 0 Å². The highest BCUT2D eigenvalue weighted by atomic mass is 16.4. The van der Waals surface area contributed by atoms with Gasteiger partial charge in [-0.1, -0.05) is 20.8 Å². The van der Waals surface area contributed by atoms with Crippen molar-refractivity contribution in [3.63, 3.8) is 0 Å². The van der Waals surface area contributed by atoms with Gasteiger partial charge >= 0.3 is 5.97 Å². The van der Waals surface area contributed by atoms with Gasteiger partial charge < -0.3 is 5.11 Å². The lowest BCUT2D eigenvalue weighted by Crippen LogP contribution is -2.56. The van der Waals surface area contributed by atoms with Crippen molar-refractivity contribution in [3.8, 4) is 0 Å². The van der Waals surface area contributed by atoms with E-state index in [1.807, 2.05) is 20.8 Å². The Morgan fingerprint density at radius 2 is 1.75 bits per heavy atom. The number of hydrogen-bond donors (Lipinski definition) is 1. The van der Waals surface area contributed by atoms with Gasteiger partial charge in [0.2, 0.25) is 11.8 Å². The van der Waals surface area contributed by atoms with E-state index in [2.05, 4.69) is 0 Å². The van der Waals surface area contributed by atoms with Crippen LogP contribution < -0.4 is 0 Å². The van der Waals surface area contributed by atoms with Gasteiger partial charge in [0, 0.05) is 18.9 Å². The third kappa shape index (κ3) is 2.34. The summed E-state index contributed by atoms with van der Waals surface area (Å²) < 4.78 is 0. The molecule has 0 aromatic heterocycles. The van der Waals surface area contributed by atoms with E-state index in [1.54, 1.807) is 0 Å². The Morgan fingerprint density at radius 3 is 2.25 bits per heavy atom. The molecule has 1 saturated heterocycles. The zero-order valence-electron chi connectivity index (χ0n) is 12.4. The lowest BCUT2D eigenvalue weighted by Gasteiger charge is -2.49. The number of carbonyl (C=O) groups is 3. The molecule has 5 nitrogen and oxygen atoms in total. The largest absolute Gasteiger partial charge is 0.481 e. The summed E-state index contributed by atoms with van der Waals surface area (Å²) in [6, 6.07) is -0.152. The van der Waals surface area contributed by atoms with Crippen LogP contribution in [0.4, 0.5) is 0 Å². The monoisotopic (exact) mass is 281 g/mol. The predicted octanol–water partition coefficient (Wildman–Crippen LogP) is 2.05. The van der Waals surface area contributed by atoms with Gasteiger partial charge in [0.1, 0.15) is 0 Å². The molecule has 20 heavy (non-hydrogen) atoms. The van der Waals surface area contributed by atoms with Crippen molar-refractivity contribution in [2.24, 2.45) is 17.3 Å². The van der Waals surface area contributed by atoms with Crippen LogP contribution in [-0.2, 0) is 14.4 Å². The third-order valence-electron chi connectivity index (χ3n) is 5.35. The van der Waals surface area contributed by atoms with Gasteiger partial charge in [-0.3, -0.25) is 19.3 Å². The minimum Gasteiger partial charge on any atom is -0.481 e. The molecule has 2 fully saturated rings. The first kappa shape index (κ1) is 15.0. The number of aliphatic carboxylic acids is 1. The molecule has 5 heteroatoms. The zero-order valence-corrected chi connectivity index (χ0v) is 12.4. The van der Waals surface area contributed by atoms with Crippen LogP contribution in [0.25, 0.3) is 0 Å². The topological polar surface area (TPSA) is 74.7 Å². The average molecular weight is 281 g/mol. The van der Waals surface area contributed by atoms with E-state index in [4.69, 9.17) is 0 Å². The summed E-state index contributed by atoms with van der Waals surface area (Å²) >= 11 is 0. The fourth-order valence-electron chi connectivity index (χ4n) is 3.71. The molecule has 0 spiro atoms. The molecular formula is C15H23NO4. The standard InChI is InChI=1S/C15H23NO4/c1-9-11(16-12(17)5-4-6-13(16)18)8-7-10(14(19)20)15(9,2)3/h9-11H,4-8H2,1-3H3,(H,19,20). The quantitative estimate of drug-likeness (QED) is 0.786. The first-order valence-electron chi connectivity index (χ1n) is 7.34. The Kier molecular flexibility index (Phi) is 3.89. The molecule has 2 amide bonds. The maximum Gasteiger partial charge on any atom is 0.307 e. The van der Waals surface area contributed by atoms with Crippen molar-refractivity contribution in [2.75, 3.05) is 0 Å². The molecule has 3 unspecified atom stereocenters. The number of imide groups is 1. The van der Waals surface area contributed by atoms with E-state index in [0.29, 0.717) is 32.1 Å². The first-order chi connectivity index (χ1) is 9.26. The lowest BCUT2D eigenvalue weighted by atomic mass is 9.60. The van der Waals surface area contributed by atoms with Crippen molar-refractivity contribution in [1.29, 1.82) is 0 Å². The van der Waals surface area contributed by atoms with Crippen LogP contribution in [0, 0.1) is 17.3 Å². The summed E-state index contributed by atoms with van der Waals surface area (Å²) in [5.41, 5.74) is -0.424. The van der Waals surface area contributed by atoms with Crippen LogP contribution in [0.3, 0.4) is 0 Å². The number of amides is 2. The number of piperidine rings is 1. The van der Waals surface area contributed by atoms with Crippen molar-refractivity contribution in [1.82, 2.24) is 4.90 Å². The first-order valence-corrected chi connectivity index (χ1v) is 7.34. The number of carboxylic acids is 1. The van der Waals surface area contributed by atoms with Crippen molar-refractivity contribution < 1.29 is 19.5 Å². The molecule has 1 saturated carbocycles. The third-order valence-corrected chi connectivity index (χ3v) is 5.35. The highest BCUT2D eigenvalue weighted by Gasteiger charge is 2.49. The van der Waals surface area contributed by atoms with Crippen LogP contribution in [0.15, 0.2) is 0 Å². The van der Waals surface area contributed by atoms with Gasteiger partial charge in [0.15, 0.2) is 0 Å². The molecule has 1 heterocycles. The molecule has 1 aliphatic carbocycles. The highest BCUT2D eigenvalue weighted by Crippen LogP contribution is 2.47. The summed E-state index contributed by atoms with van der Waals surface area (Å²) in [4.78, 5) is 36.9. The second-order valence-electron chi connectivity index (χ2n) is 6.66.